The van der Waals surface area contributed by atoms with Crippen LogP contribution in [0.5, 0.6) is 5.75 Å². The van der Waals surface area contributed by atoms with Crippen LogP contribution in [-0.4, -0.2) is 30.4 Å². The monoisotopic (exact) mass is 304 g/mol. The molecular weight excluding hydrogens is 288 g/mol. The average Bonchev–Trinajstić information content (AvgIpc) is 2.98. The number of amides is 2. The number of nitrogens with zero attached hydrogens (tertiary/aromatic N) is 1. The molecule has 0 aliphatic heterocycles. The molecule has 6 heteroatoms. The number of hydrogen-bond acceptors (Lipinski definition) is 4. The molecule has 2 amide bonds. The van der Waals surface area contributed by atoms with Crippen LogP contribution in [0.4, 0.5) is 0 Å². The van der Waals surface area contributed by atoms with Gasteiger partial charge in [-0.1, -0.05) is 0 Å². The molecule has 0 saturated heterocycles. The molecule has 2 aromatic rings. The number of benzene rings is 1. The molecule has 0 saturated carbocycles. The van der Waals surface area contributed by atoms with Crippen molar-refractivity contribution in [3.63, 3.8) is 0 Å². The topological polar surface area (TPSA) is 72.6 Å². The zero-order valence-corrected chi connectivity index (χ0v) is 12.4. The Labute approximate surface area is 126 Å². The van der Waals surface area contributed by atoms with Crippen LogP contribution >= 0.6 is 11.3 Å². The summed E-state index contributed by atoms with van der Waals surface area (Å²) in [7, 11) is 1.74. The Morgan fingerprint density at radius 2 is 1.95 bits per heavy atom. The molecule has 0 atom stereocenters. The zero-order chi connectivity index (χ0) is 15.2. The molecule has 2 N–H and O–H groups in total. The summed E-state index contributed by atoms with van der Waals surface area (Å²) in [6.07, 6.45) is 0. The molecule has 21 heavy (non-hydrogen) atoms. The highest BCUT2D eigenvalue weighted by Gasteiger charge is 2.10. The van der Waals surface area contributed by atoms with E-state index in [4.69, 9.17) is 10.5 Å². The highest BCUT2D eigenvalue weighted by atomic mass is 32.1. The van der Waals surface area contributed by atoms with Crippen LogP contribution in [0.3, 0.4) is 0 Å². The fourth-order valence-corrected chi connectivity index (χ4v) is 2.38. The fourth-order valence-electron chi connectivity index (χ4n) is 1.72. The summed E-state index contributed by atoms with van der Waals surface area (Å²) in [5, 5.41) is 3.98. The van der Waals surface area contributed by atoms with Gasteiger partial charge in [0.2, 0.25) is 5.91 Å². The highest BCUT2D eigenvalue weighted by molar-refractivity contribution is 7.07. The molecule has 0 aliphatic rings. The molecule has 0 radical (unpaired) electrons. The van der Waals surface area contributed by atoms with E-state index in [9.17, 15) is 9.59 Å². The van der Waals surface area contributed by atoms with Crippen molar-refractivity contribution >= 4 is 23.2 Å². The van der Waals surface area contributed by atoms with Gasteiger partial charge in [0.25, 0.3) is 5.91 Å². The van der Waals surface area contributed by atoms with Crippen molar-refractivity contribution in [2.45, 2.75) is 6.54 Å². The van der Waals surface area contributed by atoms with Gasteiger partial charge in [-0.25, -0.2) is 0 Å². The van der Waals surface area contributed by atoms with Crippen LogP contribution in [0.25, 0.3) is 0 Å². The summed E-state index contributed by atoms with van der Waals surface area (Å²) in [6, 6.07) is 8.35. The van der Waals surface area contributed by atoms with Gasteiger partial charge in [-0.05, 0) is 46.7 Å². The van der Waals surface area contributed by atoms with Crippen molar-refractivity contribution in [1.82, 2.24) is 4.90 Å². The minimum atomic E-state index is -0.492. The van der Waals surface area contributed by atoms with Gasteiger partial charge < -0.3 is 15.4 Å². The van der Waals surface area contributed by atoms with Crippen LogP contribution in [-0.2, 0) is 11.3 Å². The number of thiophene rings is 1. The molecule has 1 heterocycles. The van der Waals surface area contributed by atoms with Gasteiger partial charge in [-0.15, -0.1) is 0 Å². The van der Waals surface area contributed by atoms with Crippen molar-refractivity contribution < 1.29 is 14.3 Å². The number of nitrogens with two attached hydrogens (primary N) is 1. The van der Waals surface area contributed by atoms with Crippen molar-refractivity contribution in [2.24, 2.45) is 5.73 Å². The Morgan fingerprint density at radius 3 is 2.52 bits per heavy atom. The third kappa shape index (κ3) is 4.32. The number of carbonyl (C=O) groups excluding carboxylic acids is 2. The van der Waals surface area contributed by atoms with Crippen LogP contribution in [0.2, 0.25) is 0 Å². The number of rotatable bonds is 6. The molecular formula is C15H16N2O3S. The Morgan fingerprint density at radius 1 is 1.24 bits per heavy atom. The highest BCUT2D eigenvalue weighted by Crippen LogP contribution is 2.12. The van der Waals surface area contributed by atoms with E-state index < -0.39 is 5.91 Å². The summed E-state index contributed by atoms with van der Waals surface area (Å²) in [4.78, 5) is 24.5. The molecule has 0 aliphatic carbocycles. The van der Waals surface area contributed by atoms with Crippen molar-refractivity contribution in [3.05, 3.63) is 52.2 Å². The third-order valence-corrected chi connectivity index (χ3v) is 3.66. The number of primary amides is 1. The van der Waals surface area contributed by atoms with Gasteiger partial charge in [0.05, 0.1) is 0 Å². The maximum absolute atomic E-state index is 11.9. The van der Waals surface area contributed by atoms with Crippen LogP contribution in [0.15, 0.2) is 41.1 Å². The summed E-state index contributed by atoms with van der Waals surface area (Å²) in [5.41, 5.74) is 6.66. The second-order valence-electron chi connectivity index (χ2n) is 4.56. The van der Waals surface area contributed by atoms with Crippen LogP contribution < -0.4 is 10.5 Å². The lowest BCUT2D eigenvalue weighted by molar-refractivity contribution is -0.132. The van der Waals surface area contributed by atoms with Gasteiger partial charge in [0.1, 0.15) is 5.75 Å². The number of carbonyl (C=O) groups is 2. The van der Waals surface area contributed by atoms with Gasteiger partial charge >= 0.3 is 0 Å². The molecule has 110 valence electrons. The number of hydrogen-bond donors (Lipinski definition) is 1. The summed E-state index contributed by atoms with van der Waals surface area (Å²) >= 11 is 1.60. The Balaban J connectivity index is 1.84. The molecule has 1 aromatic heterocycles. The van der Waals surface area contributed by atoms with Gasteiger partial charge in [-0.2, -0.15) is 11.3 Å². The van der Waals surface area contributed by atoms with E-state index in [1.54, 1.807) is 47.5 Å². The first-order chi connectivity index (χ1) is 10.1. The lowest BCUT2D eigenvalue weighted by atomic mass is 10.2. The molecule has 2 rings (SSSR count). The van der Waals surface area contributed by atoms with Crippen molar-refractivity contribution in [1.29, 1.82) is 0 Å². The maximum Gasteiger partial charge on any atom is 0.260 e. The summed E-state index contributed by atoms with van der Waals surface area (Å²) in [6.45, 7) is 0.517. The summed E-state index contributed by atoms with van der Waals surface area (Å²) in [5.74, 6) is -0.0782. The molecule has 0 bridgehead atoms. The van der Waals surface area contributed by atoms with E-state index in [0.29, 0.717) is 17.9 Å². The SMILES string of the molecule is CN(Cc1ccsc1)C(=O)COc1ccc(C(N)=O)cc1. The van der Waals surface area contributed by atoms with E-state index in [0.717, 1.165) is 5.56 Å². The van der Waals surface area contributed by atoms with E-state index in [1.165, 1.54) is 0 Å². The maximum atomic E-state index is 11.9. The first kappa shape index (κ1) is 15.1. The molecule has 0 unspecified atom stereocenters. The standard InChI is InChI=1S/C15H16N2O3S/c1-17(8-11-6-7-21-10-11)14(18)9-20-13-4-2-12(3-5-13)15(16)19/h2-7,10H,8-9H2,1H3,(H2,16,19). The summed E-state index contributed by atoms with van der Waals surface area (Å²) < 4.78 is 5.40. The average molecular weight is 304 g/mol. The normalized spacial score (nSPS) is 10.1. The van der Waals surface area contributed by atoms with E-state index in [1.807, 2.05) is 16.8 Å². The number of likely N-dealkylation sites (N-methyl/N-ethyl adjacent to an activating group) is 1. The predicted molar refractivity (Wildman–Crippen MR) is 81.2 cm³/mol. The van der Waals surface area contributed by atoms with E-state index in [2.05, 4.69) is 0 Å². The first-order valence-electron chi connectivity index (χ1n) is 6.34. The largest absolute Gasteiger partial charge is 0.484 e. The lowest BCUT2D eigenvalue weighted by Crippen LogP contribution is -2.30. The smallest absolute Gasteiger partial charge is 0.260 e. The Bertz CT molecular complexity index is 608. The van der Waals surface area contributed by atoms with Gasteiger partial charge in [-0.3, -0.25) is 9.59 Å². The molecule has 0 spiro atoms. The molecule has 5 nitrogen and oxygen atoms in total. The fraction of sp³-hybridized carbons (Fsp3) is 0.200. The number of ether oxygens (including phenoxy) is 1. The van der Waals surface area contributed by atoms with Crippen LogP contribution in [0.1, 0.15) is 15.9 Å². The van der Waals surface area contributed by atoms with E-state index in [-0.39, 0.29) is 12.5 Å². The minimum Gasteiger partial charge on any atom is -0.484 e. The second-order valence-corrected chi connectivity index (χ2v) is 5.34. The third-order valence-electron chi connectivity index (χ3n) is 2.93. The molecule has 0 fully saturated rings. The van der Waals surface area contributed by atoms with Crippen LogP contribution in [0, 0.1) is 0 Å². The second kappa shape index (κ2) is 6.90. The zero-order valence-electron chi connectivity index (χ0n) is 11.6. The Kier molecular flexibility index (Phi) is 4.94. The molecule has 1 aromatic carbocycles. The van der Waals surface area contributed by atoms with Crippen molar-refractivity contribution in [2.75, 3.05) is 13.7 Å². The van der Waals surface area contributed by atoms with E-state index >= 15 is 0 Å². The first-order valence-corrected chi connectivity index (χ1v) is 7.28. The van der Waals surface area contributed by atoms with Crippen molar-refractivity contribution in [3.8, 4) is 5.75 Å². The lowest BCUT2D eigenvalue weighted by Gasteiger charge is -2.16. The Hall–Kier alpha value is -2.34. The van der Waals surface area contributed by atoms with Gasteiger partial charge in [0, 0.05) is 19.2 Å². The van der Waals surface area contributed by atoms with Gasteiger partial charge in [0.15, 0.2) is 6.61 Å². The predicted octanol–water partition coefficient (Wildman–Crippen LogP) is 1.88. The minimum absolute atomic E-state index is 0.0451. The quantitative estimate of drug-likeness (QED) is 0.885.